The summed E-state index contributed by atoms with van der Waals surface area (Å²) in [5.41, 5.74) is 5.15. The molecule has 0 aromatic heterocycles. The molecule has 1 heterocycles. The molecule has 1 rings (SSSR count). The zero-order chi connectivity index (χ0) is 8.43. The molecule has 0 bridgehead atoms. The molecule has 0 unspecified atom stereocenters. The molecule has 0 saturated carbocycles. The number of amides is 1. The van der Waals surface area contributed by atoms with E-state index in [1.165, 1.54) is 0 Å². The minimum Gasteiger partial charge on any atom is -0.549 e. The summed E-state index contributed by atoms with van der Waals surface area (Å²) in [4.78, 5) is 24.2. The van der Waals surface area contributed by atoms with Crippen LogP contribution in [0, 0.1) is 0 Å². The van der Waals surface area contributed by atoms with Crippen molar-refractivity contribution >= 4 is 28.8 Å². The standard InChI is InChI=1S/C5H6N2O3S/c6-5-7-3(8)1-2(11-5)4(9)10/h2H,1H2,(H,9,10)(H2,6,7,8)/p-1/t2-/m0/s1. The van der Waals surface area contributed by atoms with Crippen LogP contribution in [0.3, 0.4) is 0 Å². The van der Waals surface area contributed by atoms with Crippen molar-refractivity contribution in [2.45, 2.75) is 11.7 Å². The lowest BCUT2D eigenvalue weighted by Gasteiger charge is -2.18. The molecular formula is C5H5N2O3S-. The first-order chi connectivity index (χ1) is 5.09. The Hall–Kier alpha value is -1.04. The Morgan fingerprint density at radius 3 is 2.91 bits per heavy atom. The van der Waals surface area contributed by atoms with Crippen LogP contribution in [0.2, 0.25) is 0 Å². The second-order valence-electron chi connectivity index (χ2n) is 1.97. The fourth-order valence-corrected chi connectivity index (χ4v) is 1.44. The summed E-state index contributed by atoms with van der Waals surface area (Å²) < 4.78 is 0. The van der Waals surface area contributed by atoms with Gasteiger partial charge >= 0.3 is 0 Å². The Balaban J connectivity index is 2.72. The lowest BCUT2D eigenvalue weighted by atomic mass is 10.3. The Morgan fingerprint density at radius 1 is 1.82 bits per heavy atom. The molecule has 0 aromatic carbocycles. The van der Waals surface area contributed by atoms with E-state index in [1.807, 2.05) is 0 Å². The molecule has 1 amide bonds. The van der Waals surface area contributed by atoms with Gasteiger partial charge in [-0.05, 0) is 0 Å². The van der Waals surface area contributed by atoms with Gasteiger partial charge in [0.25, 0.3) is 0 Å². The van der Waals surface area contributed by atoms with E-state index >= 15 is 0 Å². The van der Waals surface area contributed by atoms with Gasteiger partial charge in [-0.2, -0.15) is 4.99 Å². The number of carboxylic acids is 1. The van der Waals surface area contributed by atoms with Crippen LogP contribution in [-0.2, 0) is 9.59 Å². The zero-order valence-corrected chi connectivity index (χ0v) is 6.26. The lowest BCUT2D eigenvalue weighted by Crippen LogP contribution is -2.38. The monoisotopic (exact) mass is 173 g/mol. The van der Waals surface area contributed by atoms with Gasteiger partial charge in [0.2, 0.25) is 5.91 Å². The van der Waals surface area contributed by atoms with E-state index in [4.69, 9.17) is 5.73 Å². The fraction of sp³-hybridized carbons (Fsp3) is 0.400. The molecular weight excluding hydrogens is 168 g/mol. The molecule has 2 N–H and O–H groups in total. The van der Waals surface area contributed by atoms with E-state index < -0.39 is 17.1 Å². The van der Waals surface area contributed by atoms with E-state index in [1.54, 1.807) is 0 Å². The van der Waals surface area contributed by atoms with Crippen LogP contribution in [-0.4, -0.2) is 22.3 Å². The molecule has 1 aliphatic heterocycles. The van der Waals surface area contributed by atoms with Crippen molar-refractivity contribution in [3.63, 3.8) is 0 Å². The van der Waals surface area contributed by atoms with E-state index in [0.717, 1.165) is 11.8 Å². The smallest absolute Gasteiger partial charge is 0.249 e. The van der Waals surface area contributed by atoms with E-state index in [9.17, 15) is 14.7 Å². The molecule has 11 heavy (non-hydrogen) atoms. The van der Waals surface area contributed by atoms with E-state index in [-0.39, 0.29) is 11.6 Å². The maximum Gasteiger partial charge on any atom is 0.249 e. The third-order valence-corrected chi connectivity index (χ3v) is 2.10. The van der Waals surface area contributed by atoms with Crippen LogP contribution in [0.1, 0.15) is 6.42 Å². The molecule has 0 spiro atoms. The number of aliphatic imine (C=N–C) groups is 1. The van der Waals surface area contributed by atoms with Gasteiger partial charge in [0.1, 0.15) is 0 Å². The molecule has 0 fully saturated rings. The van der Waals surface area contributed by atoms with Gasteiger partial charge in [-0.3, -0.25) is 4.79 Å². The Labute approximate surface area is 66.7 Å². The number of aliphatic carboxylic acids is 1. The van der Waals surface area contributed by atoms with Gasteiger partial charge in [0.15, 0.2) is 5.17 Å². The van der Waals surface area contributed by atoms with Gasteiger partial charge in [0, 0.05) is 6.42 Å². The Morgan fingerprint density at radius 2 is 2.45 bits per heavy atom. The van der Waals surface area contributed by atoms with Crippen LogP contribution < -0.4 is 10.8 Å². The van der Waals surface area contributed by atoms with Crippen molar-refractivity contribution in [3.8, 4) is 0 Å². The molecule has 1 aliphatic rings. The van der Waals surface area contributed by atoms with Crippen LogP contribution in [0.15, 0.2) is 4.99 Å². The van der Waals surface area contributed by atoms with Crippen LogP contribution >= 0.6 is 11.8 Å². The number of nitrogens with zero attached hydrogens (tertiary/aromatic N) is 1. The van der Waals surface area contributed by atoms with Crippen molar-refractivity contribution in [3.05, 3.63) is 0 Å². The lowest BCUT2D eigenvalue weighted by molar-refractivity contribution is -0.304. The van der Waals surface area contributed by atoms with Crippen molar-refractivity contribution in [2.75, 3.05) is 0 Å². The highest BCUT2D eigenvalue weighted by Crippen LogP contribution is 2.19. The second kappa shape index (κ2) is 2.91. The summed E-state index contributed by atoms with van der Waals surface area (Å²) in [6.07, 6.45) is -0.131. The maximum atomic E-state index is 10.6. The van der Waals surface area contributed by atoms with Crippen molar-refractivity contribution < 1.29 is 14.7 Å². The van der Waals surface area contributed by atoms with Crippen molar-refractivity contribution in [2.24, 2.45) is 10.7 Å². The quantitative estimate of drug-likeness (QED) is 0.498. The first-order valence-electron chi connectivity index (χ1n) is 2.84. The molecule has 1 atom stereocenters. The topological polar surface area (TPSA) is 95.6 Å². The normalized spacial score (nSPS) is 24.5. The maximum absolute atomic E-state index is 10.6. The minimum atomic E-state index is -1.28. The number of thioether (sulfide) groups is 1. The summed E-state index contributed by atoms with van der Waals surface area (Å²) >= 11 is 0.843. The Kier molecular flexibility index (Phi) is 2.13. The first-order valence-corrected chi connectivity index (χ1v) is 3.72. The average Bonchev–Trinajstić information content (AvgIpc) is 1.85. The van der Waals surface area contributed by atoms with E-state index in [2.05, 4.69) is 4.99 Å². The van der Waals surface area contributed by atoms with Gasteiger partial charge in [0.05, 0.1) is 11.2 Å². The van der Waals surface area contributed by atoms with Crippen molar-refractivity contribution in [1.29, 1.82) is 0 Å². The largest absolute Gasteiger partial charge is 0.549 e. The van der Waals surface area contributed by atoms with Crippen LogP contribution in [0.25, 0.3) is 0 Å². The number of hydrogen-bond donors (Lipinski definition) is 1. The average molecular weight is 173 g/mol. The van der Waals surface area contributed by atoms with E-state index in [0.29, 0.717) is 0 Å². The molecule has 5 nitrogen and oxygen atoms in total. The van der Waals surface area contributed by atoms with Crippen LogP contribution in [0.5, 0.6) is 0 Å². The predicted molar refractivity (Wildman–Crippen MR) is 37.6 cm³/mol. The summed E-state index contributed by atoms with van der Waals surface area (Å²) in [7, 11) is 0. The van der Waals surface area contributed by atoms with Gasteiger partial charge in [-0.25, -0.2) is 0 Å². The highest BCUT2D eigenvalue weighted by Gasteiger charge is 2.21. The second-order valence-corrected chi connectivity index (χ2v) is 3.20. The van der Waals surface area contributed by atoms with Crippen molar-refractivity contribution in [1.82, 2.24) is 0 Å². The third kappa shape index (κ3) is 1.94. The fourth-order valence-electron chi connectivity index (χ4n) is 0.672. The molecule has 0 saturated heterocycles. The predicted octanol–water partition coefficient (Wildman–Crippen LogP) is -1.92. The summed E-state index contributed by atoms with van der Waals surface area (Å²) in [5.74, 6) is -1.78. The number of amidine groups is 1. The number of rotatable bonds is 1. The summed E-state index contributed by atoms with van der Waals surface area (Å²) in [6, 6.07) is 0. The number of nitrogens with two attached hydrogens (primary N) is 1. The van der Waals surface area contributed by atoms with Gasteiger partial charge < -0.3 is 15.6 Å². The zero-order valence-electron chi connectivity index (χ0n) is 5.44. The number of hydrogen-bond acceptors (Lipinski definition) is 5. The molecule has 60 valence electrons. The molecule has 6 heteroatoms. The number of carbonyl (C=O) groups excluding carboxylic acids is 2. The molecule has 0 aliphatic carbocycles. The highest BCUT2D eigenvalue weighted by molar-refractivity contribution is 8.15. The first kappa shape index (κ1) is 8.06. The highest BCUT2D eigenvalue weighted by atomic mass is 32.2. The SMILES string of the molecule is NC1=NC(=O)C[C@@H](C(=O)[O-])S1. The minimum absolute atomic E-state index is 0.00421. The summed E-state index contributed by atoms with van der Waals surface area (Å²) in [5, 5.41) is 9.37. The number of carboxylic acid groups (broad SMARTS) is 1. The third-order valence-electron chi connectivity index (χ3n) is 1.12. The molecule has 0 radical (unpaired) electrons. The van der Waals surface area contributed by atoms with Gasteiger partial charge in [-0.15, -0.1) is 0 Å². The molecule has 0 aromatic rings. The summed E-state index contributed by atoms with van der Waals surface area (Å²) in [6.45, 7) is 0. The van der Waals surface area contributed by atoms with Gasteiger partial charge in [-0.1, -0.05) is 11.8 Å². The Bertz CT molecular complexity index is 238. The van der Waals surface area contributed by atoms with Crippen LogP contribution in [0.4, 0.5) is 0 Å². The number of carbonyl (C=O) groups is 2.